The Morgan fingerprint density at radius 2 is 1.94 bits per heavy atom. The molecule has 0 bridgehead atoms. The lowest BCUT2D eigenvalue weighted by Crippen LogP contribution is -2.08. The van der Waals surface area contributed by atoms with Crippen LogP contribution in [0.25, 0.3) is 0 Å². The molecule has 1 heterocycles. The Morgan fingerprint density at radius 3 is 2.47 bits per heavy atom. The van der Waals surface area contributed by atoms with Gasteiger partial charge in [0.05, 0.1) is 5.69 Å². The normalized spacial score (nSPS) is 11.4. The topological polar surface area (TPSA) is 43.8 Å². The largest absolute Gasteiger partial charge is 0.384 e. The first-order valence-electron chi connectivity index (χ1n) is 6.93. The van der Waals surface area contributed by atoms with Crippen LogP contribution in [0, 0.1) is 5.92 Å². The summed E-state index contributed by atoms with van der Waals surface area (Å²) in [4.78, 5) is 4.73. The van der Waals surface area contributed by atoms with Gasteiger partial charge >= 0.3 is 0 Å². The minimum atomic E-state index is 0.612. The molecule has 0 aliphatic carbocycles. The summed E-state index contributed by atoms with van der Waals surface area (Å²) in [6, 6.07) is 0. The fourth-order valence-electron chi connectivity index (χ4n) is 2.09. The number of nitrogen functional groups attached to an aromatic ring is 1. The summed E-state index contributed by atoms with van der Waals surface area (Å²) in [5, 5.41) is 0. The fraction of sp³-hybridized carbons (Fsp3) is 0.786. The number of hydrogen-bond donors (Lipinski definition) is 1. The van der Waals surface area contributed by atoms with Crippen molar-refractivity contribution < 1.29 is 0 Å². The maximum absolute atomic E-state index is 6.22. The molecule has 1 aromatic rings. The quantitative estimate of drug-likeness (QED) is 0.789. The maximum Gasteiger partial charge on any atom is 0.126 e. The number of nitrogens with zero attached hydrogens (tertiary/aromatic N) is 2. The molecule has 0 amide bonds. The van der Waals surface area contributed by atoms with Crippen LogP contribution >= 0.6 is 0 Å². The minimum absolute atomic E-state index is 0.612. The predicted molar refractivity (Wildman–Crippen MR) is 74.1 cm³/mol. The van der Waals surface area contributed by atoms with Crippen LogP contribution in [0.15, 0.2) is 0 Å². The Kier molecular flexibility index (Phi) is 5.52. The average Bonchev–Trinajstić information content (AvgIpc) is 2.53. The van der Waals surface area contributed by atoms with E-state index in [4.69, 9.17) is 10.7 Å². The molecule has 0 aromatic carbocycles. The Hall–Kier alpha value is -0.990. The van der Waals surface area contributed by atoms with E-state index in [9.17, 15) is 0 Å². The Bertz CT molecular complexity index is 339. The Balaban J connectivity index is 2.93. The molecule has 0 radical (unpaired) electrons. The van der Waals surface area contributed by atoms with Crippen LogP contribution in [0.2, 0.25) is 0 Å². The molecular weight excluding hydrogens is 210 g/mol. The van der Waals surface area contributed by atoms with E-state index < -0.39 is 0 Å². The van der Waals surface area contributed by atoms with Crippen LogP contribution in [0.4, 0.5) is 5.82 Å². The zero-order chi connectivity index (χ0) is 12.8. The summed E-state index contributed by atoms with van der Waals surface area (Å²) in [6.45, 7) is 9.84. The van der Waals surface area contributed by atoms with E-state index in [1.165, 1.54) is 18.7 Å². The second-order valence-corrected chi connectivity index (χ2v) is 5.21. The van der Waals surface area contributed by atoms with Crippen molar-refractivity contribution in [3.05, 3.63) is 11.5 Å². The number of aromatic nitrogens is 2. The van der Waals surface area contributed by atoms with Gasteiger partial charge in [0.25, 0.3) is 0 Å². The molecule has 0 fully saturated rings. The third-order valence-electron chi connectivity index (χ3n) is 2.97. The van der Waals surface area contributed by atoms with E-state index in [0.717, 1.165) is 37.3 Å². The first-order chi connectivity index (χ1) is 8.10. The third kappa shape index (κ3) is 3.76. The van der Waals surface area contributed by atoms with Gasteiger partial charge in [-0.2, -0.15) is 0 Å². The smallest absolute Gasteiger partial charge is 0.126 e. The molecule has 0 saturated carbocycles. The molecule has 0 aliphatic rings. The van der Waals surface area contributed by atoms with E-state index >= 15 is 0 Å². The molecule has 0 atom stereocenters. The molecule has 0 saturated heterocycles. The van der Waals surface area contributed by atoms with Gasteiger partial charge in [-0.05, 0) is 25.2 Å². The van der Waals surface area contributed by atoms with Crippen molar-refractivity contribution in [2.24, 2.45) is 5.92 Å². The summed E-state index contributed by atoms with van der Waals surface area (Å²) >= 11 is 0. The summed E-state index contributed by atoms with van der Waals surface area (Å²) in [7, 11) is 0. The molecule has 1 aromatic heterocycles. The summed E-state index contributed by atoms with van der Waals surface area (Å²) in [6.07, 6.45) is 5.53. The van der Waals surface area contributed by atoms with Crippen molar-refractivity contribution >= 4 is 5.82 Å². The van der Waals surface area contributed by atoms with Crippen molar-refractivity contribution in [1.82, 2.24) is 9.55 Å². The van der Waals surface area contributed by atoms with Crippen molar-refractivity contribution in [2.45, 2.75) is 66.3 Å². The van der Waals surface area contributed by atoms with Crippen molar-refractivity contribution in [3.8, 4) is 0 Å². The lowest BCUT2D eigenvalue weighted by atomic mass is 10.1. The number of hydrogen-bond acceptors (Lipinski definition) is 2. The minimum Gasteiger partial charge on any atom is -0.384 e. The molecule has 17 heavy (non-hydrogen) atoms. The SMILES string of the molecule is CCCCn1c(CCC)nc(CC(C)C)c1N. The van der Waals surface area contributed by atoms with E-state index in [2.05, 4.69) is 32.3 Å². The van der Waals surface area contributed by atoms with Crippen molar-refractivity contribution in [3.63, 3.8) is 0 Å². The van der Waals surface area contributed by atoms with Crippen LogP contribution in [-0.4, -0.2) is 9.55 Å². The van der Waals surface area contributed by atoms with Crippen molar-refractivity contribution in [2.75, 3.05) is 5.73 Å². The van der Waals surface area contributed by atoms with E-state index in [-0.39, 0.29) is 0 Å². The molecule has 98 valence electrons. The third-order valence-corrected chi connectivity index (χ3v) is 2.97. The molecule has 3 heteroatoms. The number of anilines is 1. The number of nitrogens with two attached hydrogens (primary N) is 1. The van der Waals surface area contributed by atoms with Crippen LogP contribution in [0.1, 0.15) is 58.5 Å². The van der Waals surface area contributed by atoms with Gasteiger partial charge < -0.3 is 10.3 Å². The lowest BCUT2D eigenvalue weighted by Gasteiger charge is -2.08. The van der Waals surface area contributed by atoms with Gasteiger partial charge in [-0.3, -0.25) is 0 Å². The molecule has 3 nitrogen and oxygen atoms in total. The molecule has 2 N–H and O–H groups in total. The van der Waals surface area contributed by atoms with Gasteiger partial charge in [0.15, 0.2) is 0 Å². The van der Waals surface area contributed by atoms with Crippen LogP contribution < -0.4 is 5.73 Å². The standard InChI is InChI=1S/C14H27N3/c1-5-7-9-17-13(8-6-2)16-12(14(17)15)10-11(3)4/h11H,5-10,15H2,1-4H3. The molecule has 0 unspecified atom stereocenters. The highest BCUT2D eigenvalue weighted by atomic mass is 15.1. The zero-order valence-electron chi connectivity index (χ0n) is 11.8. The second kappa shape index (κ2) is 6.67. The van der Waals surface area contributed by atoms with Gasteiger partial charge in [-0.15, -0.1) is 0 Å². The summed E-state index contributed by atoms with van der Waals surface area (Å²) < 4.78 is 2.23. The Morgan fingerprint density at radius 1 is 1.24 bits per heavy atom. The van der Waals surface area contributed by atoms with Gasteiger partial charge in [-0.25, -0.2) is 4.98 Å². The van der Waals surface area contributed by atoms with Gasteiger partial charge in [0, 0.05) is 13.0 Å². The lowest BCUT2D eigenvalue weighted by molar-refractivity contribution is 0.604. The monoisotopic (exact) mass is 237 g/mol. The highest BCUT2D eigenvalue weighted by molar-refractivity contribution is 5.38. The average molecular weight is 237 g/mol. The molecule has 0 aliphatic heterocycles. The van der Waals surface area contributed by atoms with E-state index in [1.54, 1.807) is 0 Å². The summed E-state index contributed by atoms with van der Waals surface area (Å²) in [5.74, 6) is 2.69. The second-order valence-electron chi connectivity index (χ2n) is 5.21. The van der Waals surface area contributed by atoms with Crippen LogP contribution in [0.5, 0.6) is 0 Å². The Labute approximate surface area is 105 Å². The van der Waals surface area contributed by atoms with Crippen LogP contribution in [-0.2, 0) is 19.4 Å². The maximum atomic E-state index is 6.22. The van der Waals surface area contributed by atoms with Crippen LogP contribution in [0.3, 0.4) is 0 Å². The van der Waals surface area contributed by atoms with Gasteiger partial charge in [-0.1, -0.05) is 34.1 Å². The highest BCUT2D eigenvalue weighted by Crippen LogP contribution is 2.20. The molecule has 1 rings (SSSR count). The number of imidazole rings is 1. The van der Waals surface area contributed by atoms with E-state index in [1.807, 2.05) is 0 Å². The number of rotatable bonds is 7. The van der Waals surface area contributed by atoms with Crippen molar-refractivity contribution in [1.29, 1.82) is 0 Å². The fourth-order valence-corrected chi connectivity index (χ4v) is 2.09. The molecular formula is C14H27N3. The molecule has 0 spiro atoms. The van der Waals surface area contributed by atoms with Gasteiger partial charge in [0.2, 0.25) is 0 Å². The number of unbranched alkanes of at least 4 members (excludes halogenated alkanes) is 1. The zero-order valence-corrected chi connectivity index (χ0v) is 11.8. The van der Waals surface area contributed by atoms with E-state index in [0.29, 0.717) is 5.92 Å². The first kappa shape index (κ1) is 14.1. The first-order valence-corrected chi connectivity index (χ1v) is 6.93. The summed E-state index contributed by atoms with van der Waals surface area (Å²) in [5.41, 5.74) is 7.32. The highest BCUT2D eigenvalue weighted by Gasteiger charge is 2.14. The van der Waals surface area contributed by atoms with Gasteiger partial charge in [0.1, 0.15) is 11.6 Å². The predicted octanol–water partition coefficient (Wildman–Crippen LogP) is 3.42. The number of aryl methyl sites for hydroxylation is 1.